The van der Waals surface area contributed by atoms with Crippen LogP contribution in [0.3, 0.4) is 0 Å². The molecule has 1 fully saturated rings. The highest BCUT2D eigenvalue weighted by Gasteiger charge is 2.32. The normalized spacial score (nSPS) is 21.8. The van der Waals surface area contributed by atoms with Gasteiger partial charge in [-0.2, -0.15) is 0 Å². The van der Waals surface area contributed by atoms with Gasteiger partial charge in [-0.05, 0) is 55.2 Å². The summed E-state index contributed by atoms with van der Waals surface area (Å²) in [6, 6.07) is 0.438. The number of nitrogens with zero attached hydrogens (tertiary/aromatic N) is 6. The summed E-state index contributed by atoms with van der Waals surface area (Å²) < 4.78 is 10.1. The van der Waals surface area contributed by atoms with Gasteiger partial charge in [-0.15, -0.1) is 5.10 Å². The zero-order valence-corrected chi connectivity index (χ0v) is 15.1. The molecule has 2 atom stereocenters. The third kappa shape index (κ3) is 3.95. The fourth-order valence-electron chi connectivity index (χ4n) is 3.94. The molecule has 2 aliphatic rings. The fraction of sp³-hybridized carbons (Fsp3) is 0.667. The molecule has 1 N–H and O–H groups in total. The standard InChI is InChI=1S/C18H27N7O/c1-2-7-15(6-1)25-18(21-22-23-25)17(16-8-3-4-13-26-16)20-9-5-11-24-12-10-19-14-24/h4,10,12-17,20H,1-3,5-9,11H2. The lowest BCUT2D eigenvalue weighted by Crippen LogP contribution is -2.37. The quantitative estimate of drug-likeness (QED) is 0.731. The third-order valence-electron chi connectivity index (χ3n) is 5.32. The van der Waals surface area contributed by atoms with E-state index in [1.54, 1.807) is 0 Å². The summed E-state index contributed by atoms with van der Waals surface area (Å²) in [5.74, 6) is 0.917. The molecule has 2 unspecified atom stereocenters. The molecule has 0 radical (unpaired) electrons. The van der Waals surface area contributed by atoms with Gasteiger partial charge in [0.05, 0.1) is 18.6 Å². The molecule has 0 saturated heterocycles. The molecule has 3 heterocycles. The second kappa shape index (κ2) is 8.44. The molecule has 140 valence electrons. The summed E-state index contributed by atoms with van der Waals surface area (Å²) >= 11 is 0. The summed E-state index contributed by atoms with van der Waals surface area (Å²) in [5.41, 5.74) is 0. The van der Waals surface area contributed by atoms with E-state index in [4.69, 9.17) is 4.74 Å². The first-order valence-corrected chi connectivity index (χ1v) is 9.69. The van der Waals surface area contributed by atoms with Crippen LogP contribution in [-0.2, 0) is 11.3 Å². The third-order valence-corrected chi connectivity index (χ3v) is 5.32. The Hall–Kier alpha value is -2.22. The Morgan fingerprint density at radius 3 is 2.96 bits per heavy atom. The van der Waals surface area contributed by atoms with E-state index >= 15 is 0 Å². The highest BCUT2D eigenvalue weighted by Crippen LogP contribution is 2.32. The molecule has 2 aromatic rings. The number of aromatic nitrogens is 6. The van der Waals surface area contributed by atoms with Gasteiger partial charge in [0.15, 0.2) is 5.82 Å². The van der Waals surface area contributed by atoms with Gasteiger partial charge < -0.3 is 14.6 Å². The Morgan fingerprint density at radius 2 is 2.19 bits per heavy atom. The SMILES string of the molecule is C1=COC(C(NCCCn2ccnc2)c2nnnn2C2CCCC2)CC1. The Labute approximate surface area is 153 Å². The van der Waals surface area contributed by atoms with Crippen molar-refractivity contribution >= 4 is 0 Å². The molecule has 8 heteroatoms. The summed E-state index contributed by atoms with van der Waals surface area (Å²) in [6.45, 7) is 1.82. The second-order valence-corrected chi connectivity index (χ2v) is 7.13. The van der Waals surface area contributed by atoms with Gasteiger partial charge in [-0.1, -0.05) is 12.8 Å². The number of imidazole rings is 1. The van der Waals surface area contributed by atoms with Crippen LogP contribution in [0.1, 0.15) is 62.9 Å². The molecular weight excluding hydrogens is 330 g/mol. The average molecular weight is 357 g/mol. The van der Waals surface area contributed by atoms with Crippen LogP contribution in [0.15, 0.2) is 31.1 Å². The number of allylic oxidation sites excluding steroid dienone is 1. The number of hydrogen-bond donors (Lipinski definition) is 1. The minimum Gasteiger partial charge on any atom is -0.496 e. The van der Waals surface area contributed by atoms with Crippen molar-refractivity contribution in [1.82, 2.24) is 35.1 Å². The Morgan fingerprint density at radius 1 is 1.27 bits per heavy atom. The van der Waals surface area contributed by atoms with Crippen LogP contribution < -0.4 is 5.32 Å². The van der Waals surface area contributed by atoms with Crippen LogP contribution in [0.2, 0.25) is 0 Å². The molecule has 1 saturated carbocycles. The van der Waals surface area contributed by atoms with Crippen molar-refractivity contribution in [1.29, 1.82) is 0 Å². The number of nitrogens with one attached hydrogen (secondary N) is 1. The summed E-state index contributed by atoms with van der Waals surface area (Å²) in [6.07, 6.45) is 17.5. The first-order chi connectivity index (χ1) is 12.9. The first-order valence-electron chi connectivity index (χ1n) is 9.69. The molecule has 26 heavy (non-hydrogen) atoms. The van der Waals surface area contributed by atoms with Gasteiger partial charge >= 0.3 is 0 Å². The lowest BCUT2D eigenvalue weighted by molar-refractivity contribution is 0.0795. The largest absolute Gasteiger partial charge is 0.496 e. The van der Waals surface area contributed by atoms with Gasteiger partial charge in [-0.25, -0.2) is 9.67 Å². The minimum absolute atomic E-state index is 0.0123. The fourth-order valence-corrected chi connectivity index (χ4v) is 3.94. The monoisotopic (exact) mass is 357 g/mol. The van der Waals surface area contributed by atoms with Crippen LogP contribution in [0.4, 0.5) is 0 Å². The van der Waals surface area contributed by atoms with Crippen molar-refractivity contribution in [3.05, 3.63) is 36.9 Å². The maximum absolute atomic E-state index is 5.92. The molecule has 0 spiro atoms. The summed E-state index contributed by atoms with van der Waals surface area (Å²) in [5, 5.41) is 16.3. The number of aryl methyl sites for hydroxylation is 1. The van der Waals surface area contributed by atoms with Gasteiger partial charge in [0, 0.05) is 18.9 Å². The predicted octanol–water partition coefficient (Wildman–Crippen LogP) is 2.40. The van der Waals surface area contributed by atoms with Crippen molar-refractivity contribution in [3.63, 3.8) is 0 Å². The van der Waals surface area contributed by atoms with Crippen molar-refractivity contribution in [3.8, 4) is 0 Å². The molecule has 4 rings (SSSR count). The molecule has 0 bridgehead atoms. The molecule has 0 aromatic carbocycles. The Kier molecular flexibility index (Phi) is 5.59. The van der Waals surface area contributed by atoms with Crippen LogP contribution in [-0.4, -0.2) is 42.4 Å². The van der Waals surface area contributed by atoms with Crippen LogP contribution >= 0.6 is 0 Å². The van der Waals surface area contributed by atoms with E-state index in [2.05, 4.69) is 36.5 Å². The highest BCUT2D eigenvalue weighted by molar-refractivity contribution is 5.01. The van der Waals surface area contributed by atoms with Crippen molar-refractivity contribution < 1.29 is 4.74 Å². The molecule has 0 amide bonds. The lowest BCUT2D eigenvalue weighted by Gasteiger charge is -2.29. The zero-order valence-electron chi connectivity index (χ0n) is 15.1. The highest BCUT2D eigenvalue weighted by atomic mass is 16.5. The van der Waals surface area contributed by atoms with E-state index in [0.29, 0.717) is 6.04 Å². The van der Waals surface area contributed by atoms with E-state index in [1.165, 1.54) is 12.8 Å². The van der Waals surface area contributed by atoms with Gasteiger partial charge in [0.1, 0.15) is 12.1 Å². The smallest absolute Gasteiger partial charge is 0.172 e. The number of tetrazole rings is 1. The van der Waals surface area contributed by atoms with Crippen molar-refractivity contribution in [2.24, 2.45) is 0 Å². The average Bonchev–Trinajstić information content (AvgIpc) is 3.44. The molecule has 1 aliphatic carbocycles. The Bertz CT molecular complexity index is 690. The minimum atomic E-state index is 0.0123. The van der Waals surface area contributed by atoms with E-state index in [0.717, 1.165) is 51.0 Å². The lowest BCUT2D eigenvalue weighted by atomic mass is 10.0. The molecule has 8 nitrogen and oxygen atoms in total. The maximum atomic E-state index is 5.92. The molecule has 2 aromatic heterocycles. The van der Waals surface area contributed by atoms with E-state index in [1.807, 2.05) is 29.7 Å². The van der Waals surface area contributed by atoms with Crippen LogP contribution in [0.25, 0.3) is 0 Å². The zero-order chi connectivity index (χ0) is 17.6. The number of ether oxygens (including phenoxy) is 1. The molecule has 1 aliphatic heterocycles. The number of rotatable bonds is 8. The number of hydrogen-bond acceptors (Lipinski definition) is 6. The van der Waals surface area contributed by atoms with E-state index < -0.39 is 0 Å². The van der Waals surface area contributed by atoms with Crippen LogP contribution in [0, 0.1) is 0 Å². The second-order valence-electron chi connectivity index (χ2n) is 7.13. The van der Waals surface area contributed by atoms with E-state index in [-0.39, 0.29) is 12.1 Å². The molecular formula is C18H27N7O. The topological polar surface area (TPSA) is 82.7 Å². The van der Waals surface area contributed by atoms with Gasteiger partial charge in [-0.3, -0.25) is 0 Å². The van der Waals surface area contributed by atoms with Gasteiger partial charge in [0.25, 0.3) is 0 Å². The predicted molar refractivity (Wildman–Crippen MR) is 96.2 cm³/mol. The first kappa shape index (κ1) is 17.2. The van der Waals surface area contributed by atoms with Crippen molar-refractivity contribution in [2.75, 3.05) is 6.54 Å². The summed E-state index contributed by atoms with van der Waals surface area (Å²) in [4.78, 5) is 4.09. The summed E-state index contributed by atoms with van der Waals surface area (Å²) in [7, 11) is 0. The van der Waals surface area contributed by atoms with Crippen molar-refractivity contribution in [2.45, 2.75) is 69.7 Å². The Balaban J connectivity index is 1.44. The maximum Gasteiger partial charge on any atom is 0.172 e. The van der Waals surface area contributed by atoms with Crippen LogP contribution in [0.5, 0.6) is 0 Å². The van der Waals surface area contributed by atoms with Gasteiger partial charge in [0.2, 0.25) is 0 Å². The van der Waals surface area contributed by atoms with E-state index in [9.17, 15) is 0 Å².